The highest BCUT2D eigenvalue weighted by Gasteiger charge is 2.12. The number of halogens is 2. The molecule has 0 atom stereocenters. The van der Waals surface area contributed by atoms with Crippen molar-refractivity contribution in [2.75, 3.05) is 0 Å². The van der Waals surface area contributed by atoms with Crippen molar-refractivity contribution in [3.8, 4) is 11.5 Å². The van der Waals surface area contributed by atoms with E-state index in [2.05, 4.69) is 49.3 Å². The quantitative estimate of drug-likeness (QED) is 0.247. The summed E-state index contributed by atoms with van der Waals surface area (Å²) in [7, 11) is -1.47. The second-order valence-corrected chi connectivity index (χ2v) is 12.0. The van der Waals surface area contributed by atoms with Crippen molar-refractivity contribution in [2.24, 2.45) is 0 Å². The van der Waals surface area contributed by atoms with E-state index in [1.54, 1.807) is 0 Å². The molecule has 110 valence electrons. The van der Waals surface area contributed by atoms with Gasteiger partial charge in [-0.05, 0) is 29.0 Å². The van der Waals surface area contributed by atoms with Gasteiger partial charge in [0.2, 0.25) is 0 Å². The lowest BCUT2D eigenvalue weighted by atomic mass is 9.97. The van der Waals surface area contributed by atoms with E-state index in [-0.39, 0.29) is 0 Å². The molecule has 3 aromatic rings. The summed E-state index contributed by atoms with van der Waals surface area (Å²) >= 11 is 12.8. The first kappa shape index (κ1) is 15.4. The Morgan fingerprint density at radius 1 is 0.773 bits per heavy atom. The zero-order valence-corrected chi connectivity index (χ0v) is 15.3. The molecule has 3 rings (SSSR count). The van der Waals surface area contributed by atoms with Gasteiger partial charge in [0.15, 0.2) is 0 Å². The van der Waals surface area contributed by atoms with Crippen LogP contribution in [0.4, 0.5) is 0 Å². The van der Waals surface area contributed by atoms with Crippen LogP contribution in [0, 0.1) is 11.5 Å². The van der Waals surface area contributed by atoms with E-state index in [1.165, 1.54) is 0 Å². The molecule has 0 amide bonds. The monoisotopic (exact) mass is 342 g/mol. The van der Waals surface area contributed by atoms with Crippen LogP contribution in [-0.2, 0) is 0 Å². The molecule has 0 saturated heterocycles. The van der Waals surface area contributed by atoms with Gasteiger partial charge in [-0.3, -0.25) is 0 Å². The van der Waals surface area contributed by atoms with Crippen LogP contribution in [0.5, 0.6) is 0 Å². The molecule has 0 radical (unpaired) electrons. The van der Waals surface area contributed by atoms with Crippen molar-refractivity contribution < 1.29 is 0 Å². The normalized spacial score (nSPS) is 11.5. The minimum Gasteiger partial charge on any atom is -0.127 e. The Bertz CT molecular complexity index is 881. The van der Waals surface area contributed by atoms with Crippen molar-refractivity contribution >= 4 is 52.8 Å². The summed E-state index contributed by atoms with van der Waals surface area (Å²) in [6.07, 6.45) is 0. The van der Waals surface area contributed by atoms with Crippen molar-refractivity contribution in [1.82, 2.24) is 0 Å². The number of hydrogen-bond acceptors (Lipinski definition) is 0. The smallest absolute Gasteiger partial charge is 0.127 e. The minimum atomic E-state index is -1.47. The summed E-state index contributed by atoms with van der Waals surface area (Å²) in [4.78, 5) is 0. The van der Waals surface area contributed by atoms with E-state index in [0.29, 0.717) is 0 Å². The molecular weight excluding hydrogens is 327 g/mol. The molecule has 0 nitrogen and oxygen atoms in total. The fourth-order valence-electron chi connectivity index (χ4n) is 2.48. The molecule has 22 heavy (non-hydrogen) atoms. The Balaban J connectivity index is 2.50. The van der Waals surface area contributed by atoms with E-state index < -0.39 is 8.07 Å². The molecule has 3 aromatic carbocycles. The lowest BCUT2D eigenvalue weighted by Gasteiger charge is -2.10. The van der Waals surface area contributed by atoms with Crippen LogP contribution < -0.4 is 0 Å². The van der Waals surface area contributed by atoms with E-state index >= 15 is 0 Å². The maximum absolute atomic E-state index is 6.39. The van der Waals surface area contributed by atoms with Gasteiger partial charge in [0.1, 0.15) is 8.07 Å². The molecule has 0 aliphatic heterocycles. The first-order valence-corrected chi connectivity index (χ1v) is 11.4. The van der Waals surface area contributed by atoms with Gasteiger partial charge < -0.3 is 0 Å². The highest BCUT2D eigenvalue weighted by atomic mass is 35.5. The van der Waals surface area contributed by atoms with Crippen molar-refractivity contribution in [3.63, 3.8) is 0 Å². The van der Waals surface area contributed by atoms with Gasteiger partial charge in [0.05, 0.1) is 0 Å². The van der Waals surface area contributed by atoms with Crippen LogP contribution in [0.25, 0.3) is 21.5 Å². The van der Waals surface area contributed by atoms with Crippen molar-refractivity contribution in [2.45, 2.75) is 19.6 Å². The first-order chi connectivity index (χ1) is 10.4. The Kier molecular flexibility index (Phi) is 3.95. The molecule has 0 bridgehead atoms. The first-order valence-electron chi connectivity index (χ1n) is 7.19. The largest absolute Gasteiger partial charge is 0.129 e. The van der Waals surface area contributed by atoms with Crippen LogP contribution in [0.15, 0.2) is 42.5 Å². The predicted molar refractivity (Wildman–Crippen MR) is 102 cm³/mol. The summed E-state index contributed by atoms with van der Waals surface area (Å²) in [5.74, 6) is 3.42. The van der Waals surface area contributed by atoms with Gasteiger partial charge in [-0.15, -0.1) is 5.54 Å². The highest BCUT2D eigenvalue weighted by molar-refractivity contribution is 6.83. The third-order valence-corrected chi connectivity index (χ3v) is 5.03. The molecule has 0 N–H and O–H groups in total. The lowest BCUT2D eigenvalue weighted by Crippen LogP contribution is -2.16. The average molecular weight is 343 g/mol. The molecule has 0 aliphatic rings. The second kappa shape index (κ2) is 5.63. The van der Waals surface area contributed by atoms with E-state index in [4.69, 9.17) is 23.2 Å². The maximum Gasteiger partial charge on any atom is 0.129 e. The average Bonchev–Trinajstić information content (AvgIpc) is 2.44. The topological polar surface area (TPSA) is 0 Å². The van der Waals surface area contributed by atoms with Gasteiger partial charge in [-0.25, -0.2) is 0 Å². The SMILES string of the molecule is C[Si](C)(C)C#Cc1c2cccc(Cl)c2cc2c(Cl)cccc12. The van der Waals surface area contributed by atoms with Crippen LogP contribution >= 0.6 is 23.2 Å². The number of benzene rings is 3. The van der Waals surface area contributed by atoms with E-state index in [0.717, 1.165) is 37.2 Å². The third-order valence-electron chi connectivity index (χ3n) is 3.50. The molecule has 3 heteroatoms. The Labute approximate surface area is 142 Å². The molecule has 0 heterocycles. The van der Waals surface area contributed by atoms with Crippen molar-refractivity contribution in [3.05, 3.63) is 58.1 Å². The van der Waals surface area contributed by atoms with Gasteiger partial charge >= 0.3 is 0 Å². The minimum absolute atomic E-state index is 0.732. The van der Waals surface area contributed by atoms with E-state index in [9.17, 15) is 0 Å². The van der Waals surface area contributed by atoms with Crippen LogP contribution in [0.3, 0.4) is 0 Å². The summed E-state index contributed by atoms with van der Waals surface area (Å²) in [5.41, 5.74) is 4.49. The summed E-state index contributed by atoms with van der Waals surface area (Å²) in [5, 5.41) is 5.65. The molecule has 0 spiro atoms. The lowest BCUT2D eigenvalue weighted by molar-refractivity contribution is 1.73. The summed E-state index contributed by atoms with van der Waals surface area (Å²) < 4.78 is 0. The van der Waals surface area contributed by atoms with Gasteiger partial charge in [-0.2, -0.15) is 0 Å². The standard InChI is InChI=1S/C19H16Cl2Si/c1-22(2,3)11-10-15-13-6-4-8-18(20)16(13)12-17-14(15)7-5-9-19(17)21/h4-9,12H,1-3H3. The van der Waals surface area contributed by atoms with Gasteiger partial charge in [-0.1, -0.05) is 73.0 Å². The Morgan fingerprint density at radius 3 is 1.73 bits per heavy atom. The van der Waals surface area contributed by atoms with Crippen LogP contribution in [-0.4, -0.2) is 8.07 Å². The third kappa shape index (κ3) is 2.87. The van der Waals surface area contributed by atoms with Crippen molar-refractivity contribution in [1.29, 1.82) is 0 Å². The number of fused-ring (bicyclic) bond motifs is 2. The summed E-state index contributed by atoms with van der Waals surface area (Å²) in [6, 6.07) is 14.0. The zero-order valence-electron chi connectivity index (χ0n) is 12.8. The van der Waals surface area contributed by atoms with Crippen LogP contribution in [0.1, 0.15) is 5.56 Å². The Hall–Kier alpha value is -1.46. The molecule has 0 fully saturated rings. The Morgan fingerprint density at radius 2 is 1.27 bits per heavy atom. The van der Waals surface area contributed by atoms with Gasteiger partial charge in [0.25, 0.3) is 0 Å². The number of hydrogen-bond donors (Lipinski definition) is 0. The molecular formula is C19H16Cl2Si. The molecule has 0 aromatic heterocycles. The predicted octanol–water partition coefficient (Wildman–Crippen LogP) is 6.53. The van der Waals surface area contributed by atoms with Gasteiger partial charge in [0, 0.05) is 26.4 Å². The highest BCUT2D eigenvalue weighted by Crippen LogP contribution is 2.35. The van der Waals surface area contributed by atoms with E-state index in [1.807, 2.05) is 24.3 Å². The second-order valence-electron chi connectivity index (χ2n) is 6.42. The molecule has 0 saturated carbocycles. The fourth-order valence-corrected chi connectivity index (χ4v) is 3.44. The van der Waals surface area contributed by atoms with Crippen LogP contribution in [0.2, 0.25) is 29.7 Å². The maximum atomic E-state index is 6.39. The summed E-state index contributed by atoms with van der Waals surface area (Å²) in [6.45, 7) is 6.73. The molecule has 0 aliphatic carbocycles. The zero-order chi connectivity index (χ0) is 15.9. The molecule has 0 unspecified atom stereocenters. The fraction of sp³-hybridized carbons (Fsp3) is 0.158. The number of rotatable bonds is 0.